The van der Waals surface area contributed by atoms with Crippen LogP contribution in [0.2, 0.25) is 19.6 Å². The van der Waals surface area contributed by atoms with E-state index >= 15 is 0 Å². The van der Waals surface area contributed by atoms with E-state index in [4.69, 9.17) is 9.16 Å². The fraction of sp³-hybridized carbons (Fsp3) is 1.00. The van der Waals surface area contributed by atoms with E-state index in [1.807, 2.05) is 6.92 Å². The van der Waals surface area contributed by atoms with Gasteiger partial charge in [0.05, 0.1) is 0 Å². The molecule has 0 N–H and O–H groups in total. The second-order valence-electron chi connectivity index (χ2n) is 3.52. The largest absolute Gasteiger partial charge is 0.393 e. The first-order valence-corrected chi connectivity index (χ1v) is 7.69. The Morgan fingerprint density at radius 2 is 1.73 bits per heavy atom. The molecule has 11 heavy (non-hydrogen) atoms. The molecule has 0 heterocycles. The van der Waals surface area contributed by atoms with Crippen LogP contribution in [0.5, 0.6) is 0 Å². The summed E-state index contributed by atoms with van der Waals surface area (Å²) in [5.74, 6) is 0. The quantitative estimate of drug-likeness (QED) is 0.473. The molecular formula is C8H20O2Si. The third-order valence-electron chi connectivity index (χ3n) is 1.17. The lowest BCUT2D eigenvalue weighted by atomic mass is 10.5. The van der Waals surface area contributed by atoms with Crippen molar-refractivity contribution in [2.24, 2.45) is 0 Å². The van der Waals surface area contributed by atoms with Gasteiger partial charge >= 0.3 is 0 Å². The van der Waals surface area contributed by atoms with Crippen molar-refractivity contribution in [1.82, 2.24) is 0 Å². The molecule has 0 aromatic rings. The number of hydrogen-bond donors (Lipinski definition) is 0. The Hall–Kier alpha value is 0.137. The van der Waals surface area contributed by atoms with Crippen molar-refractivity contribution in [2.45, 2.75) is 46.2 Å². The average molecular weight is 176 g/mol. The van der Waals surface area contributed by atoms with Gasteiger partial charge in [0.1, 0.15) is 6.29 Å². The molecule has 0 saturated heterocycles. The van der Waals surface area contributed by atoms with Crippen LogP contribution < -0.4 is 0 Å². The normalized spacial score (nSPS) is 15.0. The van der Waals surface area contributed by atoms with Gasteiger partial charge in [-0.15, -0.1) is 0 Å². The molecule has 68 valence electrons. The molecule has 0 aliphatic carbocycles. The zero-order chi connectivity index (χ0) is 8.91. The van der Waals surface area contributed by atoms with Gasteiger partial charge in [0.2, 0.25) is 0 Å². The Labute approximate surface area is 71.0 Å². The second-order valence-corrected chi connectivity index (χ2v) is 7.98. The van der Waals surface area contributed by atoms with Crippen LogP contribution in [0, 0.1) is 0 Å². The van der Waals surface area contributed by atoms with Crippen molar-refractivity contribution in [2.75, 3.05) is 6.61 Å². The summed E-state index contributed by atoms with van der Waals surface area (Å²) in [6, 6.07) is 0. The van der Waals surface area contributed by atoms with Gasteiger partial charge < -0.3 is 9.16 Å². The molecule has 0 aliphatic heterocycles. The molecule has 0 aliphatic rings. The van der Waals surface area contributed by atoms with Crippen LogP contribution in [-0.4, -0.2) is 21.2 Å². The molecule has 0 amide bonds. The minimum atomic E-state index is -1.40. The third-order valence-corrected chi connectivity index (χ3v) is 2.14. The Balaban J connectivity index is 3.68. The van der Waals surface area contributed by atoms with Gasteiger partial charge in [0.25, 0.3) is 0 Å². The van der Waals surface area contributed by atoms with Crippen LogP contribution in [-0.2, 0) is 9.16 Å². The van der Waals surface area contributed by atoms with Crippen LogP contribution in [0.25, 0.3) is 0 Å². The van der Waals surface area contributed by atoms with E-state index in [0.29, 0.717) is 0 Å². The van der Waals surface area contributed by atoms with E-state index in [9.17, 15) is 0 Å². The highest BCUT2D eigenvalue weighted by molar-refractivity contribution is 6.69. The topological polar surface area (TPSA) is 18.5 Å². The maximum atomic E-state index is 5.74. The molecule has 0 fully saturated rings. The summed E-state index contributed by atoms with van der Waals surface area (Å²) in [7, 11) is -1.40. The fourth-order valence-corrected chi connectivity index (χ4v) is 1.84. The Kier molecular flexibility index (Phi) is 4.96. The van der Waals surface area contributed by atoms with E-state index in [1.165, 1.54) is 0 Å². The van der Waals surface area contributed by atoms with Crippen LogP contribution in [0.4, 0.5) is 0 Å². The van der Waals surface area contributed by atoms with E-state index in [2.05, 4.69) is 26.6 Å². The molecule has 0 aromatic carbocycles. The van der Waals surface area contributed by atoms with E-state index in [1.54, 1.807) is 0 Å². The highest BCUT2D eigenvalue weighted by Gasteiger charge is 2.19. The Morgan fingerprint density at radius 3 is 2.00 bits per heavy atom. The Bertz CT molecular complexity index is 98.8. The first kappa shape index (κ1) is 11.1. The fourth-order valence-electron chi connectivity index (χ4n) is 0.815. The monoisotopic (exact) mass is 176 g/mol. The van der Waals surface area contributed by atoms with Crippen LogP contribution in [0.15, 0.2) is 0 Å². The van der Waals surface area contributed by atoms with Crippen molar-refractivity contribution in [3.8, 4) is 0 Å². The van der Waals surface area contributed by atoms with Crippen LogP contribution in [0.3, 0.4) is 0 Å². The van der Waals surface area contributed by atoms with E-state index in [0.717, 1.165) is 13.0 Å². The zero-order valence-corrected chi connectivity index (χ0v) is 9.31. The first-order chi connectivity index (χ1) is 4.99. The van der Waals surface area contributed by atoms with Crippen molar-refractivity contribution in [3.05, 3.63) is 0 Å². The summed E-state index contributed by atoms with van der Waals surface area (Å²) in [4.78, 5) is 0. The predicted molar refractivity (Wildman–Crippen MR) is 50.1 cm³/mol. The smallest absolute Gasteiger partial charge is 0.187 e. The molecule has 0 saturated carbocycles. The van der Waals surface area contributed by atoms with Gasteiger partial charge in [0, 0.05) is 6.61 Å². The first-order valence-electron chi connectivity index (χ1n) is 4.29. The molecule has 0 bridgehead atoms. The molecule has 1 unspecified atom stereocenters. The maximum Gasteiger partial charge on any atom is 0.187 e. The number of rotatable bonds is 5. The lowest BCUT2D eigenvalue weighted by Gasteiger charge is -2.24. The van der Waals surface area contributed by atoms with Gasteiger partial charge in [-0.3, -0.25) is 0 Å². The van der Waals surface area contributed by atoms with Gasteiger partial charge in [-0.25, -0.2) is 0 Å². The van der Waals surface area contributed by atoms with Crippen LogP contribution >= 0.6 is 0 Å². The number of hydrogen-bond acceptors (Lipinski definition) is 2. The summed E-state index contributed by atoms with van der Waals surface area (Å²) < 4.78 is 11.1. The van der Waals surface area contributed by atoms with Crippen molar-refractivity contribution in [3.63, 3.8) is 0 Å². The summed E-state index contributed by atoms with van der Waals surface area (Å²) in [5, 5.41) is 0. The summed E-state index contributed by atoms with van der Waals surface area (Å²) in [6.45, 7) is 11.3. The molecule has 3 heteroatoms. The summed E-state index contributed by atoms with van der Waals surface area (Å²) >= 11 is 0. The Morgan fingerprint density at radius 1 is 1.18 bits per heavy atom. The summed E-state index contributed by atoms with van der Waals surface area (Å²) in [5.41, 5.74) is 0. The highest BCUT2D eigenvalue weighted by atomic mass is 28.4. The third kappa shape index (κ3) is 6.53. The molecule has 0 rings (SSSR count). The zero-order valence-electron chi connectivity index (χ0n) is 8.31. The van der Waals surface area contributed by atoms with Crippen molar-refractivity contribution in [1.29, 1.82) is 0 Å². The van der Waals surface area contributed by atoms with E-state index < -0.39 is 8.32 Å². The van der Waals surface area contributed by atoms with Gasteiger partial charge in [-0.05, 0) is 33.0 Å². The molecule has 2 nitrogen and oxygen atoms in total. The minimum Gasteiger partial charge on any atom is -0.393 e. The molecular weight excluding hydrogens is 156 g/mol. The maximum absolute atomic E-state index is 5.74. The lowest BCUT2D eigenvalue weighted by Crippen LogP contribution is -2.33. The van der Waals surface area contributed by atoms with Crippen LogP contribution in [0.1, 0.15) is 20.3 Å². The van der Waals surface area contributed by atoms with Gasteiger partial charge in [0.15, 0.2) is 8.32 Å². The predicted octanol–water partition coefficient (Wildman–Crippen LogP) is 2.61. The minimum absolute atomic E-state index is 0.0201. The summed E-state index contributed by atoms with van der Waals surface area (Å²) in [6.07, 6.45) is 0.963. The second kappa shape index (κ2) is 4.90. The van der Waals surface area contributed by atoms with Gasteiger partial charge in [-0.1, -0.05) is 6.92 Å². The average Bonchev–Trinajstić information content (AvgIpc) is 1.84. The van der Waals surface area contributed by atoms with E-state index in [-0.39, 0.29) is 6.29 Å². The lowest BCUT2D eigenvalue weighted by molar-refractivity contribution is -0.0821. The highest BCUT2D eigenvalue weighted by Crippen LogP contribution is 2.10. The SMILES string of the molecule is CCOC(CC)O[Si](C)(C)C. The molecule has 0 aromatic heterocycles. The number of ether oxygens (including phenoxy) is 1. The molecule has 0 radical (unpaired) electrons. The molecule has 1 atom stereocenters. The standard InChI is InChI=1S/C8H20O2Si/c1-6-8(9-7-2)10-11(3,4)5/h8H,6-7H2,1-5H3. The molecule has 0 spiro atoms. The van der Waals surface area contributed by atoms with Crippen molar-refractivity contribution >= 4 is 8.32 Å². The van der Waals surface area contributed by atoms with Crippen molar-refractivity contribution < 1.29 is 9.16 Å². The van der Waals surface area contributed by atoms with Gasteiger partial charge in [-0.2, -0.15) is 0 Å².